The predicted octanol–water partition coefficient (Wildman–Crippen LogP) is 6.36. The van der Waals surface area contributed by atoms with Gasteiger partial charge in [-0.15, -0.1) is 0 Å². The fourth-order valence-electron chi connectivity index (χ4n) is 4.41. The number of fused-ring (bicyclic) bond motifs is 1. The summed E-state index contributed by atoms with van der Waals surface area (Å²) >= 11 is 0. The second kappa shape index (κ2) is 10.6. The molecule has 0 saturated carbocycles. The van der Waals surface area contributed by atoms with Gasteiger partial charge in [-0.05, 0) is 69.9 Å². The first-order valence-corrected chi connectivity index (χ1v) is 12.3. The van der Waals surface area contributed by atoms with Crippen LogP contribution in [0.1, 0.15) is 62.6 Å². The Morgan fingerprint density at radius 1 is 1.14 bits per heavy atom. The number of aromatic nitrogens is 2. The molecular formula is C28H31F3N2O4. The van der Waals surface area contributed by atoms with E-state index in [4.69, 9.17) is 14.2 Å². The number of carbonyl (C=O) groups excluding carboxylic acids is 1. The number of hydrogen-bond acceptors (Lipinski definition) is 5. The zero-order valence-corrected chi connectivity index (χ0v) is 21.4. The van der Waals surface area contributed by atoms with Crippen molar-refractivity contribution in [3.05, 3.63) is 70.9 Å². The number of aryl methyl sites for hydroxylation is 1. The lowest BCUT2D eigenvalue weighted by Crippen LogP contribution is -2.30. The van der Waals surface area contributed by atoms with Crippen molar-refractivity contribution < 1.29 is 32.2 Å². The molecule has 0 aliphatic carbocycles. The lowest BCUT2D eigenvalue weighted by molar-refractivity contribution is -0.169. The van der Waals surface area contributed by atoms with Gasteiger partial charge in [0.2, 0.25) is 0 Å². The summed E-state index contributed by atoms with van der Waals surface area (Å²) in [5.41, 5.74) is -0.166. The van der Waals surface area contributed by atoms with Crippen LogP contribution in [0.3, 0.4) is 0 Å². The third-order valence-electron chi connectivity index (χ3n) is 5.85. The molecule has 1 aromatic heterocycles. The Bertz CT molecular complexity index is 1250. The molecule has 6 nitrogen and oxygen atoms in total. The van der Waals surface area contributed by atoms with Gasteiger partial charge in [-0.1, -0.05) is 30.3 Å². The monoisotopic (exact) mass is 516 g/mol. The Balaban J connectivity index is 2.00. The van der Waals surface area contributed by atoms with E-state index in [1.54, 1.807) is 39.8 Å². The molecule has 1 aliphatic rings. The van der Waals surface area contributed by atoms with E-state index < -0.39 is 29.5 Å². The number of benzene rings is 2. The molecule has 0 spiro atoms. The molecule has 198 valence electrons. The van der Waals surface area contributed by atoms with E-state index in [0.717, 1.165) is 24.0 Å². The zero-order valence-electron chi connectivity index (χ0n) is 21.4. The van der Waals surface area contributed by atoms with Gasteiger partial charge < -0.3 is 14.2 Å². The summed E-state index contributed by atoms with van der Waals surface area (Å²) < 4.78 is 61.7. The predicted molar refractivity (Wildman–Crippen MR) is 132 cm³/mol. The van der Waals surface area contributed by atoms with E-state index in [0.29, 0.717) is 17.9 Å². The van der Waals surface area contributed by atoms with Crippen molar-refractivity contribution in [2.24, 2.45) is 0 Å². The fraction of sp³-hybridized carbons (Fsp3) is 0.429. The quantitative estimate of drug-likeness (QED) is 0.342. The number of halogens is 3. The number of esters is 1. The zero-order chi connectivity index (χ0) is 26.8. The van der Waals surface area contributed by atoms with Gasteiger partial charge in [0.15, 0.2) is 11.8 Å². The standard InChI is InChI=1S/C28H31F3N2O4/c1-5-35-26(34)24(37-27(2,3)4)22-23(20-13-14-21-19(16-20)12-9-15-36-21)33(32-25(22)28(29,30)31)17-18-10-7-6-8-11-18/h6-8,10-11,13-14,16,24H,5,9,12,15,17H2,1-4H3. The lowest BCUT2D eigenvalue weighted by atomic mass is 9.96. The number of rotatable bonds is 7. The first kappa shape index (κ1) is 26.7. The minimum absolute atomic E-state index is 0.00609. The summed E-state index contributed by atoms with van der Waals surface area (Å²) in [6.45, 7) is 7.28. The minimum Gasteiger partial charge on any atom is -0.493 e. The molecule has 2 heterocycles. The van der Waals surface area contributed by atoms with Crippen LogP contribution in [0.25, 0.3) is 11.3 Å². The molecule has 1 atom stereocenters. The van der Waals surface area contributed by atoms with Crippen LogP contribution in [0, 0.1) is 0 Å². The normalized spacial score (nSPS) is 14.6. The highest BCUT2D eigenvalue weighted by Gasteiger charge is 2.45. The van der Waals surface area contributed by atoms with Crippen LogP contribution in [-0.2, 0) is 33.4 Å². The number of ether oxygens (including phenoxy) is 3. The van der Waals surface area contributed by atoms with Crippen molar-refractivity contribution in [3.63, 3.8) is 0 Å². The van der Waals surface area contributed by atoms with Gasteiger partial charge in [-0.2, -0.15) is 18.3 Å². The van der Waals surface area contributed by atoms with Crippen LogP contribution in [-0.4, -0.2) is 34.6 Å². The van der Waals surface area contributed by atoms with Crippen LogP contribution in [0.15, 0.2) is 48.5 Å². The van der Waals surface area contributed by atoms with Crippen molar-refractivity contribution in [2.45, 2.75) is 65.0 Å². The van der Waals surface area contributed by atoms with Gasteiger partial charge in [0, 0.05) is 5.56 Å². The highest BCUT2D eigenvalue weighted by atomic mass is 19.4. The van der Waals surface area contributed by atoms with Gasteiger partial charge in [0.1, 0.15) is 5.75 Å². The van der Waals surface area contributed by atoms with Crippen LogP contribution in [0.2, 0.25) is 0 Å². The second-order valence-corrected chi connectivity index (χ2v) is 9.89. The van der Waals surface area contributed by atoms with Crippen molar-refractivity contribution in [2.75, 3.05) is 13.2 Å². The van der Waals surface area contributed by atoms with Crippen LogP contribution in [0.5, 0.6) is 5.75 Å². The molecule has 0 fully saturated rings. The number of nitrogens with zero attached hydrogens (tertiary/aromatic N) is 2. The molecule has 0 bridgehead atoms. The second-order valence-electron chi connectivity index (χ2n) is 9.89. The molecule has 37 heavy (non-hydrogen) atoms. The van der Waals surface area contributed by atoms with Crippen LogP contribution < -0.4 is 4.74 Å². The minimum atomic E-state index is -4.84. The third-order valence-corrected chi connectivity index (χ3v) is 5.85. The van der Waals surface area contributed by atoms with Crippen LogP contribution in [0.4, 0.5) is 13.2 Å². The lowest BCUT2D eigenvalue weighted by Gasteiger charge is -2.27. The van der Waals surface area contributed by atoms with E-state index >= 15 is 0 Å². The maximum atomic E-state index is 14.5. The molecule has 2 aromatic carbocycles. The van der Waals surface area contributed by atoms with Gasteiger partial charge in [-0.25, -0.2) is 4.79 Å². The SMILES string of the molecule is CCOC(=O)C(OC(C)(C)C)c1c(C(F)(F)F)nn(Cc2ccccc2)c1-c1ccc2c(c1)CCCO2. The average Bonchev–Trinajstić information content (AvgIpc) is 3.22. The molecule has 3 aromatic rings. The molecule has 0 saturated heterocycles. The Kier molecular flexibility index (Phi) is 7.64. The summed E-state index contributed by atoms with van der Waals surface area (Å²) in [5, 5.41) is 4.03. The summed E-state index contributed by atoms with van der Waals surface area (Å²) in [5.74, 6) is -0.195. The Hall–Kier alpha value is -3.33. The number of hydrogen-bond donors (Lipinski definition) is 0. The van der Waals surface area contributed by atoms with E-state index in [2.05, 4.69) is 5.10 Å². The maximum Gasteiger partial charge on any atom is 0.435 e. The van der Waals surface area contributed by atoms with Gasteiger partial charge in [0.05, 0.1) is 36.6 Å². The first-order valence-electron chi connectivity index (χ1n) is 12.3. The molecule has 4 rings (SSSR count). The summed E-state index contributed by atoms with van der Waals surface area (Å²) in [4.78, 5) is 13.1. The van der Waals surface area contributed by atoms with Crippen molar-refractivity contribution in [1.82, 2.24) is 9.78 Å². The summed E-state index contributed by atoms with van der Waals surface area (Å²) in [7, 11) is 0. The van der Waals surface area contributed by atoms with E-state index in [9.17, 15) is 18.0 Å². The third kappa shape index (κ3) is 6.15. The van der Waals surface area contributed by atoms with Gasteiger partial charge in [-0.3, -0.25) is 4.68 Å². The maximum absolute atomic E-state index is 14.5. The smallest absolute Gasteiger partial charge is 0.435 e. The van der Waals surface area contributed by atoms with Gasteiger partial charge >= 0.3 is 12.1 Å². The van der Waals surface area contributed by atoms with Crippen LogP contribution >= 0.6 is 0 Å². The van der Waals surface area contributed by atoms with Crippen molar-refractivity contribution in [1.29, 1.82) is 0 Å². The largest absolute Gasteiger partial charge is 0.493 e. The van der Waals surface area contributed by atoms with E-state index in [-0.39, 0.29) is 24.4 Å². The Morgan fingerprint density at radius 2 is 1.86 bits per heavy atom. The van der Waals surface area contributed by atoms with Gasteiger partial charge in [0.25, 0.3) is 0 Å². The molecule has 0 N–H and O–H groups in total. The average molecular weight is 517 g/mol. The van der Waals surface area contributed by atoms with Crippen molar-refractivity contribution >= 4 is 5.97 Å². The Labute approximate surface area is 214 Å². The summed E-state index contributed by atoms with van der Waals surface area (Å²) in [6.07, 6.45) is -4.94. The number of alkyl halides is 3. The Morgan fingerprint density at radius 3 is 2.51 bits per heavy atom. The van der Waals surface area contributed by atoms with E-state index in [1.165, 1.54) is 4.68 Å². The highest BCUT2D eigenvalue weighted by molar-refractivity contribution is 5.81. The highest BCUT2D eigenvalue weighted by Crippen LogP contribution is 2.43. The molecular weight excluding hydrogens is 485 g/mol. The topological polar surface area (TPSA) is 62.6 Å². The number of carbonyl (C=O) groups is 1. The summed E-state index contributed by atoms with van der Waals surface area (Å²) in [6, 6.07) is 14.3. The molecule has 1 aliphatic heterocycles. The molecule has 0 radical (unpaired) electrons. The first-order chi connectivity index (χ1) is 17.5. The molecule has 9 heteroatoms. The van der Waals surface area contributed by atoms with Crippen molar-refractivity contribution in [3.8, 4) is 17.0 Å². The molecule has 0 amide bonds. The fourth-order valence-corrected chi connectivity index (χ4v) is 4.41. The molecule has 1 unspecified atom stereocenters. The van der Waals surface area contributed by atoms with E-state index in [1.807, 2.05) is 36.4 Å².